The van der Waals surface area contributed by atoms with Crippen LogP contribution in [-0.4, -0.2) is 37.5 Å². The zero-order valence-corrected chi connectivity index (χ0v) is 69.3. The number of hydrogen-bond donors (Lipinski definition) is 0. The van der Waals surface area contributed by atoms with E-state index in [1.807, 2.05) is 0 Å². The van der Waals surface area contributed by atoms with Crippen molar-refractivity contribution in [2.24, 2.45) is 0 Å². The Kier molecular flexibility index (Phi) is 1340. The van der Waals surface area contributed by atoms with E-state index in [1.54, 1.807) is 0 Å². The molecule has 0 aliphatic carbocycles. The Bertz CT molecular complexity index is 974. The van der Waals surface area contributed by atoms with E-state index in [0.29, 0.717) is 32.7 Å². The second-order valence-electron chi connectivity index (χ2n) is 8.34. The molecule has 0 unspecified atom stereocenters. The van der Waals surface area contributed by atoms with Crippen LogP contribution in [0.3, 0.4) is 0 Å². The molecule has 0 aliphatic heterocycles. The zero-order valence-electron chi connectivity index (χ0n) is 41.8. The summed E-state index contributed by atoms with van der Waals surface area (Å²) in [6.45, 7) is 6.35. The molecular weight excluding hydrogens is 2240 g/mol. The molecule has 0 bridgehead atoms. The molecule has 83 heavy (non-hydrogen) atoms. The first-order valence-electron chi connectivity index (χ1n) is 10.8. The number of phosphoric acid groups is 1. The summed E-state index contributed by atoms with van der Waals surface area (Å²) >= 11 is 0. The average Bonchev–Trinajstić information content (AvgIpc) is 2.74. The maximum absolute atomic E-state index is 8.55. The third kappa shape index (κ3) is 283. The van der Waals surface area contributed by atoms with Crippen LogP contribution in [0.4, 0.5) is 0 Å². The van der Waals surface area contributed by atoms with Crippen molar-refractivity contribution in [2.75, 3.05) is 37.5 Å². The molecule has 3 rings (SSSR count). The average molecular weight is 2280 g/mol. The van der Waals surface area contributed by atoms with Crippen molar-refractivity contribution in [1.82, 2.24) is 0 Å². The topological polar surface area (TPSA) is 1110 Å². The van der Waals surface area contributed by atoms with Crippen molar-refractivity contribution in [3.8, 4) is 0 Å². The number of hydrogen-bond acceptors (Lipinski definition) is 4. The fourth-order valence-electron chi connectivity index (χ4n) is 2.43. The normalized spacial score (nSPS) is 4.47. The van der Waals surface area contributed by atoms with Crippen LogP contribution in [0.2, 0.25) is 0 Å². The third-order valence-electron chi connectivity index (χ3n) is 4.48. The Morgan fingerprint density at radius 2 is 0.277 bits per heavy atom. The molecule has 0 aromatic heterocycles. The van der Waals surface area contributed by atoms with Crippen molar-refractivity contribution < 1.29 is 469 Å². The Balaban J connectivity index is -0.00000000334. The largest absolute Gasteiger partial charge is 2.00 e. The molecule has 0 spiro atoms. The molecule has 554 valence electrons. The van der Waals surface area contributed by atoms with Gasteiger partial charge < -0.3 is 216 Å². The fraction of sp³-hybridized carbons (Fsp3) is 0.333. The van der Waals surface area contributed by atoms with Gasteiger partial charge in [-0.05, 0) is 57.2 Å². The van der Waals surface area contributed by atoms with Crippen LogP contribution in [0.25, 0.3) is 0 Å². The van der Waals surface area contributed by atoms with Crippen LogP contribution in [0.5, 0.6) is 0 Å². The summed E-state index contributed by atoms with van der Waals surface area (Å²) in [5.41, 5.74) is 4.03. The predicted octanol–water partition coefficient (Wildman–Crippen LogP) is -0.436. The molecule has 0 amide bonds. The van der Waals surface area contributed by atoms with Crippen molar-refractivity contribution in [3.05, 3.63) is 89.5 Å². The van der Waals surface area contributed by atoms with E-state index in [4.69, 9.17) is 19.2 Å². The SMILES string of the molecule is Cc1ccc([S+](C)C)cc1.Cc1ccc([S+](C)C)cc1.Cc1ccc([S+](C)C)cc1.O=P([O-])([O-])[O-].[Mo].[Mo].[Mo].[Mo].[Mo].[Mo].[Mo].[Mo].[Mo].[Mo].[Mo].[Mo].[O-2].[O-2].[O-2].[O-2].[O-2].[O-2].[O-2].[O-2].[O-2].[O-2].[O-2].[O-2].[O-2].[O-2].[O-2].[O-2].[O-2].[O-2].[O-2].[O-2].[O-2].[O-2].[O-2].[O-2].[O-2].[O-2].[O-2].[O-2].[O-2].[O-2].[O-2].[O-2].[O-2].[O-2].[O-2].[O-2]. The van der Waals surface area contributed by atoms with Gasteiger partial charge in [-0.15, -0.1) is 0 Å². The third-order valence-corrected chi connectivity index (χ3v) is 8.12. The molecular formula is C27H39Mo12O40PS3-72. The maximum Gasteiger partial charge on any atom is 0.154 e. The minimum Gasteiger partial charge on any atom is -2.00 e. The van der Waals surface area contributed by atoms with Crippen LogP contribution in [0.15, 0.2) is 87.5 Å². The first kappa shape index (κ1) is 433. The summed E-state index contributed by atoms with van der Waals surface area (Å²) in [6, 6.07) is 26.3. The van der Waals surface area contributed by atoms with Gasteiger partial charge in [0.15, 0.2) is 14.7 Å². The summed E-state index contributed by atoms with van der Waals surface area (Å²) in [4.78, 5) is 30.0. The summed E-state index contributed by atoms with van der Waals surface area (Å²) in [7, 11) is -4.15. The molecule has 56 heteroatoms. The monoisotopic (exact) mass is 2300 g/mol. The van der Waals surface area contributed by atoms with Gasteiger partial charge in [-0.1, -0.05) is 53.1 Å². The van der Waals surface area contributed by atoms with Crippen LogP contribution < -0.4 is 14.7 Å². The van der Waals surface area contributed by atoms with Crippen molar-refractivity contribution in [1.29, 1.82) is 0 Å². The van der Waals surface area contributed by atoms with Crippen molar-refractivity contribution >= 4 is 40.5 Å². The molecule has 0 radical (unpaired) electrons. The summed E-state index contributed by atoms with van der Waals surface area (Å²) in [5.74, 6) is 0. The number of aryl methyl sites for hydroxylation is 3. The molecule has 3 aromatic rings. The first-order chi connectivity index (χ1) is 16.1. The quantitative estimate of drug-likeness (QED) is 0.191. The van der Waals surface area contributed by atoms with E-state index in [0.717, 1.165) is 0 Å². The van der Waals surface area contributed by atoms with Gasteiger partial charge in [-0.2, -0.15) is 7.82 Å². The molecule has 3 aromatic carbocycles. The molecule has 0 aliphatic rings. The Morgan fingerprint density at radius 1 is 0.217 bits per heavy atom. The first-order valence-corrected chi connectivity index (χ1v) is 18.3. The summed E-state index contributed by atoms with van der Waals surface area (Å²) in [5, 5.41) is 0. The smallest absolute Gasteiger partial charge is 0.154 e. The van der Waals surface area contributed by atoms with E-state index in [2.05, 4.69) is 131 Å². The molecule has 0 atom stereocenters. The fourth-order valence-corrected chi connectivity index (χ4v) is 4.47. The van der Waals surface area contributed by atoms with Crippen LogP contribution in [0.1, 0.15) is 16.7 Å². The van der Waals surface area contributed by atoms with Gasteiger partial charge in [0.2, 0.25) is 0 Å². The van der Waals surface area contributed by atoms with Gasteiger partial charge in [0.25, 0.3) is 0 Å². The van der Waals surface area contributed by atoms with E-state index in [-0.39, 0.29) is 450 Å². The minimum absolute atomic E-state index is 0. The number of rotatable bonds is 3. The van der Waals surface area contributed by atoms with Crippen molar-refractivity contribution in [3.63, 3.8) is 0 Å². The Hall–Kier alpha value is 5.64. The van der Waals surface area contributed by atoms with Gasteiger partial charge in [0.05, 0.1) is 0 Å². The van der Waals surface area contributed by atoms with Crippen LogP contribution in [0, 0.1) is 20.8 Å². The second-order valence-corrected chi connectivity index (χ2v) is 15.5. The molecule has 40 nitrogen and oxygen atoms in total. The van der Waals surface area contributed by atoms with E-state index < -0.39 is 7.82 Å². The predicted molar refractivity (Wildman–Crippen MR) is 178 cm³/mol. The van der Waals surface area contributed by atoms with Gasteiger partial charge in [0, 0.05) is 285 Å². The van der Waals surface area contributed by atoms with Gasteiger partial charge in [0.1, 0.15) is 37.5 Å². The number of benzene rings is 3. The van der Waals surface area contributed by atoms with E-state index in [1.165, 1.54) is 31.4 Å². The molecule has 0 fully saturated rings. The standard InChI is InChI=1S/3C9H13S.12Mo.H3O4P.36O/c3*1-8-4-6-9(7-5-8)10(2)3;;;;;;;;;;;;;1-5(2,3)4;;;;;;;;;;;;;;;;;;;;;;;;;;;;;;;;;;;;/h3*4-7H,1-3H3;;;;;;;;;;;;;(H3,1,2,3,4);;;;;;;;;;;;;;;;;;;;;;;;;;;;;;;;;;;;/q3*+1;;;;;;;;;;;;;;36*-2/p-3. The van der Waals surface area contributed by atoms with E-state index in [9.17, 15) is 0 Å². The van der Waals surface area contributed by atoms with Crippen LogP contribution >= 0.6 is 7.82 Å². The molecule has 0 heterocycles. The Labute approximate surface area is 663 Å². The van der Waals surface area contributed by atoms with Crippen LogP contribution in [-0.2, 0) is 487 Å². The van der Waals surface area contributed by atoms with Gasteiger partial charge in [-0.25, -0.2) is 0 Å². The van der Waals surface area contributed by atoms with Gasteiger partial charge >= 0.3 is 0 Å². The summed E-state index contributed by atoms with van der Waals surface area (Å²) in [6.07, 6.45) is 13.4. The van der Waals surface area contributed by atoms with Crippen molar-refractivity contribution in [2.45, 2.75) is 35.5 Å². The summed E-state index contributed by atoms with van der Waals surface area (Å²) < 4.78 is 8.55. The molecule has 0 N–H and O–H groups in total. The minimum atomic E-state index is -5.39. The zero-order chi connectivity index (χ0) is 27.2. The maximum atomic E-state index is 8.55. The Morgan fingerprint density at radius 3 is 0.325 bits per heavy atom. The molecule has 0 saturated heterocycles. The second kappa shape index (κ2) is 257. The van der Waals surface area contributed by atoms with E-state index >= 15 is 0 Å². The molecule has 0 saturated carbocycles. The van der Waals surface area contributed by atoms with Gasteiger partial charge in [-0.3, -0.25) is 0 Å².